The van der Waals surface area contributed by atoms with Crippen LogP contribution >= 0.6 is 0 Å². The van der Waals surface area contributed by atoms with Crippen molar-refractivity contribution >= 4 is 11.9 Å². The number of aromatic nitrogens is 3. The van der Waals surface area contributed by atoms with Crippen LogP contribution in [0.3, 0.4) is 0 Å². The van der Waals surface area contributed by atoms with E-state index in [4.69, 9.17) is 9.63 Å². The minimum absolute atomic E-state index is 0.0485. The Bertz CT molecular complexity index is 784. The summed E-state index contributed by atoms with van der Waals surface area (Å²) >= 11 is 0. The first-order chi connectivity index (χ1) is 11.9. The largest absolute Gasteiger partial charge is 0.478 e. The molecule has 0 spiro atoms. The molecule has 1 fully saturated rings. The Morgan fingerprint density at radius 1 is 1.32 bits per heavy atom. The number of hydrogen-bond donors (Lipinski definition) is 1. The number of carboxylic acid groups (broad SMARTS) is 1. The van der Waals surface area contributed by atoms with Gasteiger partial charge in [0.05, 0.1) is 23.5 Å². The van der Waals surface area contributed by atoms with E-state index in [9.17, 15) is 9.59 Å². The van der Waals surface area contributed by atoms with E-state index in [1.165, 1.54) is 6.20 Å². The number of piperidine rings is 1. The Kier molecular flexibility index (Phi) is 4.61. The molecule has 1 aliphatic rings. The molecule has 1 N–H and O–H groups in total. The van der Waals surface area contributed by atoms with Crippen LogP contribution < -0.4 is 0 Å². The molecule has 8 heteroatoms. The Balaban J connectivity index is 1.69. The third-order valence-electron chi connectivity index (χ3n) is 4.60. The molecule has 2 aromatic rings. The van der Waals surface area contributed by atoms with Crippen LogP contribution in [0, 0.1) is 6.92 Å². The Labute approximate surface area is 145 Å². The maximum absolute atomic E-state index is 12.9. The third-order valence-corrected chi connectivity index (χ3v) is 4.60. The second-order valence-electron chi connectivity index (χ2n) is 6.70. The predicted octanol–water partition coefficient (Wildman–Crippen LogP) is 2.48. The van der Waals surface area contributed by atoms with Crippen molar-refractivity contribution in [3.05, 3.63) is 35.0 Å². The van der Waals surface area contributed by atoms with Crippen LogP contribution in [0.2, 0.25) is 0 Å². The molecule has 0 aliphatic carbocycles. The highest BCUT2D eigenvalue weighted by atomic mass is 16.5. The van der Waals surface area contributed by atoms with Gasteiger partial charge in [-0.15, -0.1) is 0 Å². The van der Waals surface area contributed by atoms with Crippen LogP contribution in [0.5, 0.6) is 0 Å². The lowest BCUT2D eigenvalue weighted by molar-refractivity contribution is 0.0685. The Hall–Kier alpha value is -2.64. The summed E-state index contributed by atoms with van der Waals surface area (Å²) in [5.74, 6) is -0.311. The summed E-state index contributed by atoms with van der Waals surface area (Å²) < 4.78 is 7.01. The first-order valence-corrected chi connectivity index (χ1v) is 8.41. The number of carboxylic acids is 1. The lowest BCUT2D eigenvalue weighted by atomic mass is 10.0. The zero-order valence-corrected chi connectivity index (χ0v) is 14.6. The fraction of sp³-hybridized carbons (Fsp3) is 0.529. The van der Waals surface area contributed by atoms with Crippen LogP contribution in [0.4, 0.5) is 0 Å². The summed E-state index contributed by atoms with van der Waals surface area (Å²) in [5, 5.41) is 17.1. The minimum Gasteiger partial charge on any atom is -0.478 e. The summed E-state index contributed by atoms with van der Waals surface area (Å²) in [7, 11) is 0. The van der Waals surface area contributed by atoms with E-state index in [2.05, 4.69) is 10.3 Å². The Morgan fingerprint density at radius 2 is 2.00 bits per heavy atom. The van der Waals surface area contributed by atoms with Crippen molar-refractivity contribution in [2.24, 2.45) is 0 Å². The van der Waals surface area contributed by atoms with Gasteiger partial charge < -0.3 is 14.5 Å². The van der Waals surface area contributed by atoms with Gasteiger partial charge >= 0.3 is 5.97 Å². The molecule has 3 rings (SSSR count). The second-order valence-corrected chi connectivity index (χ2v) is 6.70. The minimum atomic E-state index is -0.983. The van der Waals surface area contributed by atoms with E-state index >= 15 is 0 Å². The maximum atomic E-state index is 12.9. The SMILES string of the molecule is Cc1noc(C(C)C)c1C(=O)N1CCC(n2cc(C(=O)O)cn2)CC1. The van der Waals surface area contributed by atoms with Crippen molar-refractivity contribution in [1.29, 1.82) is 0 Å². The standard InChI is InChI=1S/C17H22N4O4/c1-10(2)15-14(11(3)19-25-15)16(22)20-6-4-13(5-7-20)21-9-12(8-18-21)17(23)24/h8-10,13H,4-7H2,1-3H3,(H,23,24). The summed E-state index contributed by atoms with van der Waals surface area (Å²) in [5.41, 5.74) is 1.37. The van der Waals surface area contributed by atoms with E-state index in [0.717, 1.165) is 12.8 Å². The van der Waals surface area contributed by atoms with Crippen molar-refractivity contribution in [3.8, 4) is 0 Å². The number of hydrogen-bond acceptors (Lipinski definition) is 5. The van der Waals surface area contributed by atoms with Gasteiger partial charge in [-0.25, -0.2) is 4.79 Å². The number of carbonyl (C=O) groups is 2. The zero-order chi connectivity index (χ0) is 18.1. The molecule has 8 nitrogen and oxygen atoms in total. The van der Waals surface area contributed by atoms with Crippen molar-refractivity contribution in [1.82, 2.24) is 19.8 Å². The highest BCUT2D eigenvalue weighted by Gasteiger charge is 2.30. The molecule has 0 saturated carbocycles. The van der Waals surface area contributed by atoms with Gasteiger partial charge in [0.2, 0.25) is 0 Å². The topological polar surface area (TPSA) is 101 Å². The molecule has 0 unspecified atom stereocenters. The quantitative estimate of drug-likeness (QED) is 0.912. The van der Waals surface area contributed by atoms with E-state index in [0.29, 0.717) is 30.1 Å². The molecule has 0 radical (unpaired) electrons. The van der Waals surface area contributed by atoms with E-state index < -0.39 is 5.97 Å². The van der Waals surface area contributed by atoms with Crippen LogP contribution in [0.1, 0.15) is 70.8 Å². The third kappa shape index (κ3) is 3.29. The van der Waals surface area contributed by atoms with Crippen molar-refractivity contribution in [2.45, 2.75) is 45.6 Å². The highest BCUT2D eigenvalue weighted by Crippen LogP contribution is 2.27. The average molecular weight is 346 g/mol. The first-order valence-electron chi connectivity index (χ1n) is 8.41. The normalized spacial score (nSPS) is 15.8. The molecular weight excluding hydrogens is 324 g/mol. The smallest absolute Gasteiger partial charge is 0.338 e. The van der Waals surface area contributed by atoms with E-state index in [-0.39, 0.29) is 23.4 Å². The van der Waals surface area contributed by atoms with Gasteiger partial charge in [0.15, 0.2) is 5.76 Å². The predicted molar refractivity (Wildman–Crippen MR) is 88.7 cm³/mol. The molecule has 134 valence electrons. The molecule has 3 heterocycles. The van der Waals surface area contributed by atoms with Crippen LogP contribution in [0.25, 0.3) is 0 Å². The van der Waals surface area contributed by atoms with Gasteiger partial charge in [0.25, 0.3) is 5.91 Å². The number of carbonyl (C=O) groups excluding carboxylic acids is 1. The molecule has 0 atom stereocenters. The first kappa shape index (κ1) is 17.2. The van der Waals surface area contributed by atoms with Gasteiger partial charge in [-0.2, -0.15) is 5.10 Å². The van der Waals surface area contributed by atoms with Crippen LogP contribution in [0.15, 0.2) is 16.9 Å². The molecule has 0 aromatic carbocycles. The highest BCUT2D eigenvalue weighted by molar-refractivity contribution is 5.96. The molecule has 1 amide bonds. The van der Waals surface area contributed by atoms with Crippen LogP contribution in [-0.4, -0.2) is 49.9 Å². The molecular formula is C17H22N4O4. The second kappa shape index (κ2) is 6.70. The maximum Gasteiger partial charge on any atom is 0.338 e. The summed E-state index contributed by atoms with van der Waals surface area (Å²) in [6.07, 6.45) is 4.36. The van der Waals surface area contributed by atoms with Crippen molar-refractivity contribution in [2.75, 3.05) is 13.1 Å². The molecule has 1 saturated heterocycles. The fourth-order valence-electron chi connectivity index (χ4n) is 3.18. The summed E-state index contributed by atoms with van der Waals surface area (Å²) in [4.78, 5) is 25.6. The average Bonchev–Trinajstić information content (AvgIpc) is 3.21. The van der Waals surface area contributed by atoms with Gasteiger partial charge in [0.1, 0.15) is 5.56 Å². The van der Waals surface area contributed by atoms with Gasteiger partial charge in [-0.3, -0.25) is 9.48 Å². The number of rotatable bonds is 4. The van der Waals surface area contributed by atoms with Crippen LogP contribution in [-0.2, 0) is 0 Å². The van der Waals surface area contributed by atoms with E-state index in [1.807, 2.05) is 18.7 Å². The molecule has 0 bridgehead atoms. The lowest BCUT2D eigenvalue weighted by Crippen LogP contribution is -2.39. The fourth-order valence-corrected chi connectivity index (χ4v) is 3.18. The van der Waals surface area contributed by atoms with Crippen molar-refractivity contribution in [3.63, 3.8) is 0 Å². The summed E-state index contributed by atoms with van der Waals surface area (Å²) in [6.45, 7) is 6.91. The molecule has 1 aliphatic heterocycles. The number of aryl methyl sites for hydroxylation is 1. The van der Waals surface area contributed by atoms with Gasteiger partial charge in [-0.1, -0.05) is 19.0 Å². The lowest BCUT2D eigenvalue weighted by Gasteiger charge is -2.32. The van der Waals surface area contributed by atoms with E-state index in [1.54, 1.807) is 17.8 Å². The number of likely N-dealkylation sites (tertiary alicyclic amines) is 1. The Morgan fingerprint density at radius 3 is 2.56 bits per heavy atom. The molecule has 2 aromatic heterocycles. The number of nitrogens with zero attached hydrogens (tertiary/aromatic N) is 4. The van der Waals surface area contributed by atoms with Crippen molar-refractivity contribution < 1.29 is 19.2 Å². The zero-order valence-electron chi connectivity index (χ0n) is 14.6. The van der Waals surface area contributed by atoms with Gasteiger partial charge in [-0.05, 0) is 19.8 Å². The summed E-state index contributed by atoms with van der Waals surface area (Å²) in [6, 6.07) is 0.102. The number of amides is 1. The van der Waals surface area contributed by atoms with Gasteiger partial charge in [0, 0.05) is 25.2 Å². The monoisotopic (exact) mass is 346 g/mol. The molecule has 25 heavy (non-hydrogen) atoms. The number of aromatic carboxylic acids is 1.